The maximum Gasteiger partial charge on any atom is 0.319 e. The zero-order chi connectivity index (χ0) is 16.7. The van der Waals surface area contributed by atoms with Gasteiger partial charge in [-0.2, -0.15) is 0 Å². The van der Waals surface area contributed by atoms with Crippen molar-refractivity contribution in [3.63, 3.8) is 0 Å². The Kier molecular flexibility index (Phi) is 3.44. The number of rotatable bonds is 3. The second-order valence-corrected chi connectivity index (χ2v) is 6.69. The van der Waals surface area contributed by atoms with Gasteiger partial charge < -0.3 is 15.2 Å². The predicted octanol–water partition coefficient (Wildman–Crippen LogP) is 2.51. The van der Waals surface area contributed by atoms with Gasteiger partial charge in [0, 0.05) is 12.0 Å². The first-order valence-electron chi connectivity index (χ1n) is 8.28. The Morgan fingerprint density at radius 2 is 1.96 bits per heavy atom. The lowest BCUT2D eigenvalue weighted by Crippen LogP contribution is -2.55. The summed E-state index contributed by atoms with van der Waals surface area (Å²) in [5, 5.41) is 14.5. The van der Waals surface area contributed by atoms with Crippen molar-refractivity contribution in [3.8, 4) is 5.75 Å². The molecule has 0 radical (unpaired) electrons. The molecule has 1 aliphatic heterocycles. The number of aliphatic carboxylic acids is 1. The molecule has 5 nitrogen and oxygen atoms in total. The lowest BCUT2D eigenvalue weighted by atomic mass is 9.68. The Hall–Kier alpha value is -2.56. The molecule has 4 rings (SSSR count). The first-order chi connectivity index (χ1) is 11.6. The molecule has 2 N–H and O–H groups in total. The van der Waals surface area contributed by atoms with Crippen LogP contribution >= 0.6 is 0 Å². The molecule has 24 heavy (non-hydrogen) atoms. The Balaban J connectivity index is 1.57. The molecule has 124 valence electrons. The zero-order valence-corrected chi connectivity index (χ0v) is 13.2. The van der Waals surface area contributed by atoms with Gasteiger partial charge in [-0.15, -0.1) is 0 Å². The average molecular weight is 325 g/mol. The molecular weight excluding hydrogens is 306 g/mol. The smallest absolute Gasteiger partial charge is 0.319 e. The topological polar surface area (TPSA) is 75.6 Å². The lowest BCUT2D eigenvalue weighted by molar-refractivity contribution is -0.162. The third-order valence-electron chi connectivity index (χ3n) is 5.27. The van der Waals surface area contributed by atoms with E-state index in [9.17, 15) is 14.7 Å². The van der Waals surface area contributed by atoms with Gasteiger partial charge in [0.1, 0.15) is 17.8 Å². The molecule has 1 aliphatic carbocycles. The van der Waals surface area contributed by atoms with Crippen LogP contribution in [0.5, 0.6) is 5.75 Å². The number of benzene rings is 2. The molecule has 2 aromatic rings. The molecule has 2 aliphatic rings. The quantitative estimate of drug-likeness (QED) is 0.850. The highest BCUT2D eigenvalue weighted by atomic mass is 16.5. The van der Waals surface area contributed by atoms with E-state index in [2.05, 4.69) is 5.32 Å². The lowest BCUT2D eigenvalue weighted by Gasteiger charge is -2.37. The molecule has 0 saturated heterocycles. The van der Waals surface area contributed by atoms with Crippen molar-refractivity contribution in [2.45, 2.75) is 31.7 Å². The summed E-state index contributed by atoms with van der Waals surface area (Å²) in [5.41, 5.74) is -0.165. The second kappa shape index (κ2) is 5.51. The average Bonchev–Trinajstić information content (AvgIpc) is 2.53. The normalized spacial score (nSPS) is 21.2. The molecule has 1 unspecified atom stereocenters. The van der Waals surface area contributed by atoms with Gasteiger partial charge in [-0.1, -0.05) is 36.8 Å². The van der Waals surface area contributed by atoms with Gasteiger partial charge in [0.2, 0.25) is 5.91 Å². The summed E-state index contributed by atoms with van der Waals surface area (Å²) >= 11 is 0. The van der Waals surface area contributed by atoms with Crippen molar-refractivity contribution in [3.05, 3.63) is 42.0 Å². The largest absolute Gasteiger partial charge is 0.491 e. The number of carboxylic acid groups (broad SMARTS) is 1. The SMILES string of the molecule is O=C(O)C1(C(=O)NC2COc3ccc4ccccc4c3C2)CCC1. The third-order valence-corrected chi connectivity index (χ3v) is 5.27. The fraction of sp³-hybridized carbons (Fsp3) is 0.368. The molecule has 5 heteroatoms. The van der Waals surface area contributed by atoms with Crippen LogP contribution < -0.4 is 10.1 Å². The zero-order valence-electron chi connectivity index (χ0n) is 13.2. The summed E-state index contributed by atoms with van der Waals surface area (Å²) < 4.78 is 5.81. The van der Waals surface area contributed by atoms with E-state index >= 15 is 0 Å². The maximum absolute atomic E-state index is 12.5. The van der Waals surface area contributed by atoms with Crippen molar-refractivity contribution in [2.75, 3.05) is 6.61 Å². The first kappa shape index (κ1) is 15.0. The number of hydrogen-bond acceptors (Lipinski definition) is 3. The highest BCUT2D eigenvalue weighted by Gasteiger charge is 2.51. The van der Waals surface area contributed by atoms with Crippen LogP contribution in [-0.2, 0) is 16.0 Å². The van der Waals surface area contributed by atoms with E-state index in [1.165, 1.54) is 0 Å². The van der Waals surface area contributed by atoms with Crippen LogP contribution in [0.1, 0.15) is 24.8 Å². The van der Waals surface area contributed by atoms with Gasteiger partial charge in [0.05, 0.1) is 6.04 Å². The predicted molar refractivity (Wildman–Crippen MR) is 89.0 cm³/mol. The minimum Gasteiger partial charge on any atom is -0.491 e. The molecule has 2 aromatic carbocycles. The summed E-state index contributed by atoms with van der Waals surface area (Å²) in [7, 11) is 0. The number of hydrogen-bond donors (Lipinski definition) is 2. The highest BCUT2D eigenvalue weighted by molar-refractivity contribution is 6.03. The molecule has 1 heterocycles. The van der Waals surface area contributed by atoms with E-state index in [0.717, 1.165) is 28.5 Å². The second-order valence-electron chi connectivity index (χ2n) is 6.69. The van der Waals surface area contributed by atoms with E-state index in [4.69, 9.17) is 4.74 Å². The van der Waals surface area contributed by atoms with E-state index in [0.29, 0.717) is 25.9 Å². The Morgan fingerprint density at radius 1 is 1.17 bits per heavy atom. The maximum atomic E-state index is 12.5. The first-order valence-corrected chi connectivity index (χ1v) is 8.28. The minimum absolute atomic E-state index is 0.201. The molecule has 1 fully saturated rings. The van der Waals surface area contributed by atoms with Gasteiger partial charge in [-0.25, -0.2) is 0 Å². The number of carboxylic acids is 1. The number of amides is 1. The Labute approximate surface area is 139 Å². The van der Waals surface area contributed by atoms with Crippen LogP contribution in [0.3, 0.4) is 0 Å². The van der Waals surface area contributed by atoms with E-state index in [1.807, 2.05) is 36.4 Å². The molecule has 1 saturated carbocycles. The molecule has 0 bridgehead atoms. The van der Waals surface area contributed by atoms with E-state index < -0.39 is 11.4 Å². The number of carbonyl (C=O) groups is 2. The molecule has 0 spiro atoms. The molecule has 0 aromatic heterocycles. The summed E-state index contributed by atoms with van der Waals surface area (Å²) in [4.78, 5) is 24.0. The van der Waals surface area contributed by atoms with Crippen LogP contribution in [0.4, 0.5) is 0 Å². The minimum atomic E-state index is -1.24. The highest BCUT2D eigenvalue weighted by Crippen LogP contribution is 2.41. The van der Waals surface area contributed by atoms with Crippen LogP contribution in [0.25, 0.3) is 10.8 Å². The summed E-state index contributed by atoms with van der Waals surface area (Å²) in [6, 6.07) is 11.9. The van der Waals surface area contributed by atoms with Crippen molar-refractivity contribution in [1.29, 1.82) is 0 Å². The van der Waals surface area contributed by atoms with Crippen molar-refractivity contribution < 1.29 is 19.4 Å². The van der Waals surface area contributed by atoms with Crippen molar-refractivity contribution in [1.82, 2.24) is 5.32 Å². The molecule has 1 atom stereocenters. The fourth-order valence-electron chi connectivity index (χ4n) is 3.64. The van der Waals surface area contributed by atoms with Gasteiger partial charge in [0.15, 0.2) is 0 Å². The van der Waals surface area contributed by atoms with Crippen molar-refractivity contribution in [2.24, 2.45) is 5.41 Å². The van der Waals surface area contributed by atoms with Gasteiger partial charge in [-0.3, -0.25) is 9.59 Å². The summed E-state index contributed by atoms with van der Waals surface area (Å²) in [6.45, 7) is 0.368. The Morgan fingerprint density at radius 3 is 2.67 bits per heavy atom. The standard InChI is InChI=1S/C19H19NO4/c21-17(19(18(22)23)8-3-9-19)20-13-10-15-14-5-2-1-4-12(14)6-7-16(15)24-11-13/h1-2,4-7,13H,3,8-11H2,(H,20,21)(H,22,23). The van der Waals surface area contributed by atoms with Gasteiger partial charge in [0.25, 0.3) is 0 Å². The number of carbonyl (C=O) groups excluding carboxylic acids is 1. The number of nitrogens with one attached hydrogen (secondary N) is 1. The summed E-state index contributed by atoms with van der Waals surface area (Å²) in [5.74, 6) is -0.553. The van der Waals surface area contributed by atoms with Crippen molar-refractivity contribution >= 4 is 22.6 Å². The molecular formula is C19H19NO4. The van der Waals surface area contributed by atoms with E-state index in [1.54, 1.807) is 0 Å². The monoisotopic (exact) mass is 325 g/mol. The molecule has 1 amide bonds. The van der Waals surface area contributed by atoms with Gasteiger partial charge in [-0.05, 0) is 29.7 Å². The number of ether oxygens (including phenoxy) is 1. The van der Waals surface area contributed by atoms with Crippen LogP contribution in [0, 0.1) is 5.41 Å². The van der Waals surface area contributed by atoms with Gasteiger partial charge >= 0.3 is 5.97 Å². The van der Waals surface area contributed by atoms with Crippen LogP contribution in [0.2, 0.25) is 0 Å². The van der Waals surface area contributed by atoms with Crippen LogP contribution in [-0.4, -0.2) is 29.6 Å². The van der Waals surface area contributed by atoms with Crippen LogP contribution in [0.15, 0.2) is 36.4 Å². The van der Waals surface area contributed by atoms with E-state index in [-0.39, 0.29) is 11.9 Å². The Bertz CT molecular complexity index is 825. The third kappa shape index (κ3) is 2.23. The fourth-order valence-corrected chi connectivity index (χ4v) is 3.64. The number of fused-ring (bicyclic) bond motifs is 3. The summed E-state index contributed by atoms with van der Waals surface area (Å²) in [6.07, 6.45) is 2.27.